The van der Waals surface area contributed by atoms with Gasteiger partial charge < -0.3 is 10.2 Å². The Bertz CT molecular complexity index is 1180. The Morgan fingerprint density at radius 3 is 2.49 bits per heavy atom. The normalized spacial score (nSPS) is 11.7. The maximum absolute atomic E-state index is 12.6. The lowest BCUT2D eigenvalue weighted by atomic mass is 10.1. The van der Waals surface area contributed by atoms with E-state index in [0.29, 0.717) is 16.3 Å². The number of rotatable bonds is 12. The number of hydrogen-bond donors (Lipinski definition) is 3. The summed E-state index contributed by atoms with van der Waals surface area (Å²) in [5, 5.41) is 10.6. The topological polar surface area (TPSA) is 146 Å². The van der Waals surface area contributed by atoms with Crippen molar-refractivity contribution in [1.29, 1.82) is 0 Å². The number of amides is 1. The predicted octanol–water partition coefficient (Wildman–Crippen LogP) is 4.84. The molecule has 0 fully saturated rings. The van der Waals surface area contributed by atoms with Crippen molar-refractivity contribution >= 4 is 40.8 Å². The summed E-state index contributed by atoms with van der Waals surface area (Å²) in [5.41, 5.74) is 4.90. The van der Waals surface area contributed by atoms with Crippen LogP contribution >= 0.6 is 12.0 Å². The quantitative estimate of drug-likeness (QED) is 0.0798. The zero-order valence-corrected chi connectivity index (χ0v) is 19.7. The minimum atomic E-state index is -1.36. The Kier molecular flexibility index (Phi) is 9.71. The lowest BCUT2D eigenvalue weighted by molar-refractivity contribution is -0.211. The Labute approximate surface area is 205 Å². The van der Waals surface area contributed by atoms with Crippen LogP contribution < -0.4 is 21.6 Å². The van der Waals surface area contributed by atoms with Gasteiger partial charge in [-0.2, -0.15) is 16.1 Å². The van der Waals surface area contributed by atoms with E-state index in [-0.39, 0.29) is 11.4 Å². The molecule has 0 saturated heterocycles. The fraction of sp³-hybridized carbons (Fsp3) is 0.130. The van der Waals surface area contributed by atoms with Crippen LogP contribution in [0.5, 0.6) is 5.75 Å². The average molecular weight is 498 g/mol. The molecule has 35 heavy (non-hydrogen) atoms. The molecular formula is C23H23N5O6S. The number of hydrogen-bond acceptors (Lipinski definition) is 11. The van der Waals surface area contributed by atoms with E-state index in [1.165, 1.54) is 19.1 Å². The minimum Gasteiger partial charge on any atom is -0.324 e. The van der Waals surface area contributed by atoms with Gasteiger partial charge >= 0.3 is 0 Å². The molecule has 1 unspecified atom stereocenters. The molecule has 12 heteroatoms. The molecule has 0 aliphatic heterocycles. The third kappa shape index (κ3) is 7.88. The van der Waals surface area contributed by atoms with Crippen LogP contribution in [-0.4, -0.2) is 17.7 Å². The smallest absolute Gasteiger partial charge is 0.258 e. The first-order chi connectivity index (χ1) is 17.0. The molecule has 3 aromatic rings. The number of para-hydroxylation sites is 2. The van der Waals surface area contributed by atoms with Crippen molar-refractivity contribution in [3.63, 3.8) is 0 Å². The van der Waals surface area contributed by atoms with Gasteiger partial charge in [0, 0.05) is 16.6 Å². The van der Waals surface area contributed by atoms with Gasteiger partial charge in [-0.25, -0.2) is 5.48 Å². The molecule has 0 aliphatic carbocycles. The van der Waals surface area contributed by atoms with E-state index in [4.69, 9.17) is 20.1 Å². The summed E-state index contributed by atoms with van der Waals surface area (Å²) >= 11 is 0.874. The van der Waals surface area contributed by atoms with Crippen LogP contribution in [0.4, 0.5) is 17.1 Å². The lowest BCUT2D eigenvalue weighted by Crippen LogP contribution is -2.32. The van der Waals surface area contributed by atoms with Crippen molar-refractivity contribution in [1.82, 2.24) is 0 Å². The third-order valence-electron chi connectivity index (χ3n) is 4.48. The molecule has 4 N–H and O–H groups in total. The molecule has 0 radical (unpaired) electrons. The second kappa shape index (κ2) is 13.2. The van der Waals surface area contributed by atoms with Gasteiger partial charge in [-0.1, -0.05) is 41.4 Å². The van der Waals surface area contributed by atoms with E-state index in [2.05, 4.69) is 26.0 Å². The maximum Gasteiger partial charge on any atom is 0.258 e. The second-order valence-electron chi connectivity index (χ2n) is 7.04. The zero-order valence-electron chi connectivity index (χ0n) is 18.8. The summed E-state index contributed by atoms with van der Waals surface area (Å²) in [6.07, 6.45) is 0. The van der Waals surface area contributed by atoms with Crippen LogP contribution in [-0.2, 0) is 23.9 Å². The molecule has 3 rings (SSSR count). The Hall–Kier alpha value is -3.81. The van der Waals surface area contributed by atoms with Crippen LogP contribution in [0.3, 0.4) is 0 Å². The number of azo groups is 1. The van der Waals surface area contributed by atoms with Crippen molar-refractivity contribution in [2.75, 3.05) is 10.8 Å². The van der Waals surface area contributed by atoms with Crippen LogP contribution in [0, 0.1) is 6.92 Å². The molecule has 0 saturated carbocycles. The number of ketones is 1. The van der Waals surface area contributed by atoms with E-state index in [1.807, 2.05) is 37.3 Å². The van der Waals surface area contributed by atoms with E-state index >= 15 is 0 Å². The van der Waals surface area contributed by atoms with E-state index < -0.39 is 17.7 Å². The lowest BCUT2D eigenvalue weighted by Gasteiger charge is -2.11. The highest BCUT2D eigenvalue weighted by atomic mass is 32.2. The first kappa shape index (κ1) is 25.8. The number of Topliss-reactive ketones (excluding diaryl/α,β-unsaturated/α-hetero) is 1. The van der Waals surface area contributed by atoms with Crippen LogP contribution in [0.2, 0.25) is 0 Å². The fourth-order valence-corrected chi connectivity index (χ4v) is 3.15. The molecule has 3 aromatic carbocycles. The summed E-state index contributed by atoms with van der Waals surface area (Å²) in [4.78, 5) is 39.4. The van der Waals surface area contributed by atoms with Crippen molar-refractivity contribution < 1.29 is 28.8 Å². The number of nitrogens with two attached hydrogens (primary N) is 1. The van der Waals surface area contributed by atoms with Crippen LogP contribution in [0.25, 0.3) is 0 Å². The maximum atomic E-state index is 12.6. The van der Waals surface area contributed by atoms with Crippen molar-refractivity contribution in [3.8, 4) is 5.75 Å². The summed E-state index contributed by atoms with van der Waals surface area (Å²) in [5.74, 6) is 4.01. The Morgan fingerprint density at radius 2 is 1.77 bits per heavy atom. The van der Waals surface area contributed by atoms with Gasteiger partial charge in [0.2, 0.25) is 6.04 Å². The van der Waals surface area contributed by atoms with Crippen LogP contribution in [0.1, 0.15) is 12.5 Å². The van der Waals surface area contributed by atoms with Gasteiger partial charge in [-0.3, -0.25) is 9.59 Å². The SMILES string of the molecule is CC(=O)C(N=Nc1ccc(SOONc2ccccc2)cc1OON)C(=O)Nc1ccccc1C. The highest BCUT2D eigenvalue weighted by Crippen LogP contribution is 2.33. The fourth-order valence-electron chi connectivity index (χ4n) is 2.73. The van der Waals surface area contributed by atoms with Gasteiger partial charge in [-0.05, 0) is 49.7 Å². The van der Waals surface area contributed by atoms with E-state index in [0.717, 1.165) is 17.6 Å². The average Bonchev–Trinajstić information content (AvgIpc) is 2.85. The van der Waals surface area contributed by atoms with Crippen molar-refractivity contribution in [2.45, 2.75) is 24.8 Å². The van der Waals surface area contributed by atoms with Crippen LogP contribution in [0.15, 0.2) is 87.9 Å². The monoisotopic (exact) mass is 497 g/mol. The van der Waals surface area contributed by atoms with E-state index in [1.54, 1.807) is 30.3 Å². The molecule has 0 heterocycles. The number of carbonyl (C=O) groups is 2. The number of benzene rings is 3. The van der Waals surface area contributed by atoms with Crippen molar-refractivity contribution in [2.24, 2.45) is 16.1 Å². The second-order valence-corrected chi connectivity index (χ2v) is 7.82. The minimum absolute atomic E-state index is 0.0717. The number of aryl methyl sites for hydroxylation is 1. The van der Waals surface area contributed by atoms with Gasteiger partial charge in [0.15, 0.2) is 11.5 Å². The molecule has 0 aromatic heterocycles. The standard InChI is InChI=1S/C23H23N5O6S/c1-15-8-6-7-11-19(15)25-23(30)22(16(2)29)27-26-20-13-12-18(14-21(20)31-32-24)35-34-33-28-17-9-4-3-5-10-17/h3-14,22,28H,24H2,1-2H3,(H,25,30). The highest BCUT2D eigenvalue weighted by molar-refractivity contribution is 7.94. The molecule has 0 bridgehead atoms. The Balaban J connectivity index is 1.66. The summed E-state index contributed by atoms with van der Waals surface area (Å²) < 4.78 is 5.05. The van der Waals surface area contributed by atoms with Gasteiger partial charge in [-0.15, -0.1) is 9.32 Å². The largest absolute Gasteiger partial charge is 0.324 e. The molecule has 182 valence electrons. The van der Waals surface area contributed by atoms with Gasteiger partial charge in [0.25, 0.3) is 5.91 Å². The molecular weight excluding hydrogens is 474 g/mol. The summed E-state index contributed by atoms with van der Waals surface area (Å²) in [6.45, 7) is 3.09. The number of anilines is 2. The summed E-state index contributed by atoms with van der Waals surface area (Å²) in [7, 11) is 0. The molecule has 0 aliphatic rings. The zero-order chi connectivity index (χ0) is 25.0. The molecule has 11 nitrogen and oxygen atoms in total. The number of nitrogens with one attached hydrogen (secondary N) is 2. The number of nitrogens with zero attached hydrogens (tertiary/aromatic N) is 2. The van der Waals surface area contributed by atoms with E-state index in [9.17, 15) is 9.59 Å². The highest BCUT2D eigenvalue weighted by Gasteiger charge is 2.24. The Morgan fingerprint density at radius 1 is 1.03 bits per heavy atom. The first-order valence-electron chi connectivity index (χ1n) is 10.2. The van der Waals surface area contributed by atoms with Gasteiger partial charge in [0.1, 0.15) is 5.69 Å². The number of carbonyl (C=O) groups excluding carboxylic acids is 2. The third-order valence-corrected chi connectivity index (χ3v) is 5.07. The molecule has 1 atom stereocenters. The first-order valence-corrected chi connectivity index (χ1v) is 11.0. The molecule has 0 spiro atoms. The predicted molar refractivity (Wildman–Crippen MR) is 129 cm³/mol. The summed E-state index contributed by atoms with van der Waals surface area (Å²) in [6, 6.07) is 19.6. The van der Waals surface area contributed by atoms with Crippen molar-refractivity contribution in [3.05, 3.63) is 78.4 Å². The van der Waals surface area contributed by atoms with Gasteiger partial charge in [0.05, 0.1) is 17.7 Å². The molecule has 1 amide bonds.